The Labute approximate surface area is 78.4 Å². The molecule has 4 nitrogen and oxygen atoms in total. The molecule has 76 valence electrons. The summed E-state index contributed by atoms with van der Waals surface area (Å²) in [5, 5.41) is 0. The molecule has 0 radical (unpaired) electrons. The van der Waals surface area contributed by atoms with Crippen LogP contribution in [0.25, 0.3) is 0 Å². The van der Waals surface area contributed by atoms with Gasteiger partial charge in [0.2, 0.25) is 0 Å². The maximum absolute atomic E-state index is 11.5. The molecule has 0 bridgehead atoms. The van der Waals surface area contributed by atoms with Crippen LogP contribution in [0.4, 0.5) is 0 Å². The lowest BCUT2D eigenvalue weighted by molar-refractivity contribution is -0.161. The second-order valence-corrected chi connectivity index (χ2v) is 4.26. The molecule has 1 aliphatic rings. The first-order valence-corrected chi connectivity index (χ1v) is 4.50. The fourth-order valence-corrected chi connectivity index (χ4v) is 1.24. The van der Waals surface area contributed by atoms with E-state index >= 15 is 0 Å². The Bertz CT molecular complexity index is 198. The molecule has 13 heavy (non-hydrogen) atoms. The first kappa shape index (κ1) is 10.5. The summed E-state index contributed by atoms with van der Waals surface area (Å²) in [6.45, 7) is 6.07. The second kappa shape index (κ2) is 3.64. The molecule has 2 atom stereocenters. The molecule has 0 aliphatic carbocycles. The Kier molecular flexibility index (Phi) is 2.93. The molecule has 0 aromatic carbocycles. The van der Waals surface area contributed by atoms with Gasteiger partial charge in [-0.2, -0.15) is 0 Å². The van der Waals surface area contributed by atoms with Crippen LogP contribution in [0.3, 0.4) is 0 Å². The van der Waals surface area contributed by atoms with Crippen LogP contribution < -0.4 is 5.73 Å². The van der Waals surface area contributed by atoms with Crippen molar-refractivity contribution in [3.63, 3.8) is 0 Å². The largest absolute Gasteiger partial charge is 0.460 e. The van der Waals surface area contributed by atoms with E-state index in [2.05, 4.69) is 0 Å². The van der Waals surface area contributed by atoms with Crippen molar-refractivity contribution in [2.45, 2.75) is 39.0 Å². The summed E-state index contributed by atoms with van der Waals surface area (Å²) in [7, 11) is 0. The van der Waals surface area contributed by atoms with Gasteiger partial charge in [0.25, 0.3) is 0 Å². The summed E-state index contributed by atoms with van der Waals surface area (Å²) in [6, 6.07) is 0. The van der Waals surface area contributed by atoms with Gasteiger partial charge in [0.05, 0.1) is 5.92 Å². The van der Waals surface area contributed by atoms with Crippen molar-refractivity contribution in [3.05, 3.63) is 0 Å². The zero-order valence-corrected chi connectivity index (χ0v) is 8.37. The van der Waals surface area contributed by atoms with E-state index in [0.717, 1.165) is 0 Å². The van der Waals surface area contributed by atoms with E-state index in [1.54, 1.807) is 0 Å². The van der Waals surface area contributed by atoms with Crippen molar-refractivity contribution < 1.29 is 14.3 Å². The molecule has 1 heterocycles. The number of hydrogen-bond acceptors (Lipinski definition) is 4. The molecule has 0 saturated carbocycles. The lowest BCUT2D eigenvalue weighted by Crippen LogP contribution is -2.36. The monoisotopic (exact) mass is 187 g/mol. The number of rotatable bonds is 1. The molecular formula is C9H17NO3. The lowest BCUT2D eigenvalue weighted by atomic mass is 10.1. The highest BCUT2D eigenvalue weighted by Gasteiger charge is 2.34. The summed E-state index contributed by atoms with van der Waals surface area (Å²) in [6.07, 6.45) is 0.172. The molecule has 2 unspecified atom stereocenters. The third-order valence-electron chi connectivity index (χ3n) is 1.85. The normalized spacial score (nSPS) is 28.9. The standard InChI is InChI=1S/C9H17NO3/c1-9(2,3)13-8(11)6-4-5-12-7(6)10/h6-7H,4-5,10H2,1-3H3. The Morgan fingerprint density at radius 1 is 1.54 bits per heavy atom. The molecule has 1 rings (SSSR count). The molecule has 1 aliphatic heterocycles. The topological polar surface area (TPSA) is 61.5 Å². The smallest absolute Gasteiger partial charge is 0.313 e. The number of esters is 1. The summed E-state index contributed by atoms with van der Waals surface area (Å²) >= 11 is 0. The van der Waals surface area contributed by atoms with Crippen molar-refractivity contribution in [2.24, 2.45) is 11.7 Å². The third-order valence-corrected chi connectivity index (χ3v) is 1.85. The Morgan fingerprint density at radius 2 is 2.15 bits per heavy atom. The van der Waals surface area contributed by atoms with E-state index in [0.29, 0.717) is 13.0 Å². The van der Waals surface area contributed by atoms with Crippen LogP contribution in [0.15, 0.2) is 0 Å². The van der Waals surface area contributed by atoms with Crippen LogP contribution >= 0.6 is 0 Å². The van der Waals surface area contributed by atoms with Gasteiger partial charge in [-0.3, -0.25) is 4.79 Å². The minimum atomic E-state index is -0.491. The second-order valence-electron chi connectivity index (χ2n) is 4.26. The van der Waals surface area contributed by atoms with E-state index in [-0.39, 0.29) is 11.9 Å². The third kappa shape index (κ3) is 2.97. The van der Waals surface area contributed by atoms with Gasteiger partial charge < -0.3 is 15.2 Å². The highest BCUT2D eigenvalue weighted by atomic mass is 16.6. The van der Waals surface area contributed by atoms with Gasteiger partial charge >= 0.3 is 5.97 Å². The summed E-state index contributed by atoms with van der Waals surface area (Å²) < 4.78 is 10.3. The fourth-order valence-electron chi connectivity index (χ4n) is 1.24. The maximum atomic E-state index is 11.5. The van der Waals surface area contributed by atoms with E-state index < -0.39 is 11.8 Å². The first-order chi connectivity index (χ1) is 5.90. The Balaban J connectivity index is 2.48. The van der Waals surface area contributed by atoms with E-state index in [9.17, 15) is 4.79 Å². The summed E-state index contributed by atoms with van der Waals surface area (Å²) in [5.41, 5.74) is 5.13. The van der Waals surface area contributed by atoms with Gasteiger partial charge in [-0.25, -0.2) is 0 Å². The molecule has 1 fully saturated rings. The zero-order valence-electron chi connectivity index (χ0n) is 8.37. The molecular weight excluding hydrogens is 170 g/mol. The first-order valence-electron chi connectivity index (χ1n) is 4.50. The van der Waals surface area contributed by atoms with Crippen molar-refractivity contribution in [2.75, 3.05) is 6.61 Å². The van der Waals surface area contributed by atoms with Gasteiger partial charge in [-0.05, 0) is 27.2 Å². The SMILES string of the molecule is CC(C)(C)OC(=O)C1CCOC1N. The van der Waals surface area contributed by atoms with E-state index in [1.165, 1.54) is 0 Å². The predicted octanol–water partition coefficient (Wildman–Crippen LogP) is 0.649. The predicted molar refractivity (Wildman–Crippen MR) is 47.9 cm³/mol. The van der Waals surface area contributed by atoms with Gasteiger partial charge in [-0.15, -0.1) is 0 Å². The minimum Gasteiger partial charge on any atom is -0.460 e. The van der Waals surface area contributed by atoms with Crippen molar-refractivity contribution in [3.8, 4) is 0 Å². The average Bonchev–Trinajstić information content (AvgIpc) is 2.30. The molecule has 4 heteroatoms. The minimum absolute atomic E-state index is 0.252. The van der Waals surface area contributed by atoms with Gasteiger partial charge in [-0.1, -0.05) is 0 Å². The Morgan fingerprint density at radius 3 is 2.54 bits per heavy atom. The summed E-state index contributed by atoms with van der Waals surface area (Å²) in [5.74, 6) is -0.545. The number of carbonyl (C=O) groups excluding carboxylic acids is 1. The molecule has 0 amide bonds. The summed E-state index contributed by atoms with van der Waals surface area (Å²) in [4.78, 5) is 11.5. The van der Waals surface area contributed by atoms with Gasteiger partial charge in [0.1, 0.15) is 11.8 Å². The zero-order chi connectivity index (χ0) is 10.1. The molecule has 2 N–H and O–H groups in total. The number of ether oxygens (including phenoxy) is 2. The van der Waals surface area contributed by atoms with Crippen molar-refractivity contribution >= 4 is 5.97 Å². The van der Waals surface area contributed by atoms with Crippen LogP contribution in [-0.4, -0.2) is 24.4 Å². The lowest BCUT2D eigenvalue weighted by Gasteiger charge is -2.22. The van der Waals surface area contributed by atoms with Crippen molar-refractivity contribution in [1.82, 2.24) is 0 Å². The number of nitrogens with two attached hydrogens (primary N) is 1. The van der Waals surface area contributed by atoms with Crippen LogP contribution in [0.2, 0.25) is 0 Å². The molecule has 0 spiro atoms. The molecule has 0 aromatic heterocycles. The van der Waals surface area contributed by atoms with Gasteiger partial charge in [0.15, 0.2) is 0 Å². The quantitative estimate of drug-likeness (QED) is 0.612. The Hall–Kier alpha value is -0.610. The molecule has 0 aromatic rings. The average molecular weight is 187 g/mol. The van der Waals surface area contributed by atoms with E-state index in [1.807, 2.05) is 20.8 Å². The van der Waals surface area contributed by atoms with Crippen LogP contribution in [-0.2, 0) is 14.3 Å². The number of hydrogen-bond donors (Lipinski definition) is 1. The van der Waals surface area contributed by atoms with E-state index in [4.69, 9.17) is 15.2 Å². The van der Waals surface area contributed by atoms with Gasteiger partial charge in [0, 0.05) is 6.61 Å². The fraction of sp³-hybridized carbons (Fsp3) is 0.889. The van der Waals surface area contributed by atoms with Crippen LogP contribution in [0.5, 0.6) is 0 Å². The molecule has 1 saturated heterocycles. The highest BCUT2D eigenvalue weighted by Crippen LogP contribution is 2.21. The highest BCUT2D eigenvalue weighted by molar-refractivity contribution is 5.73. The van der Waals surface area contributed by atoms with Crippen LogP contribution in [0.1, 0.15) is 27.2 Å². The number of carbonyl (C=O) groups is 1. The maximum Gasteiger partial charge on any atom is 0.313 e. The van der Waals surface area contributed by atoms with Crippen molar-refractivity contribution in [1.29, 1.82) is 0 Å². The van der Waals surface area contributed by atoms with Crippen LogP contribution in [0, 0.1) is 5.92 Å².